The highest BCUT2D eigenvalue weighted by atomic mass is 16.4. The number of hydrogen-bond donors (Lipinski definition) is 3. The van der Waals surface area contributed by atoms with Crippen molar-refractivity contribution in [2.45, 2.75) is 33.1 Å². The summed E-state index contributed by atoms with van der Waals surface area (Å²) in [6, 6.07) is 1.40. The fourth-order valence-electron chi connectivity index (χ4n) is 1.51. The van der Waals surface area contributed by atoms with Crippen molar-refractivity contribution in [3.05, 3.63) is 22.2 Å². The van der Waals surface area contributed by atoms with E-state index in [1.165, 1.54) is 6.07 Å². The number of rotatable bonds is 7. The monoisotopic (exact) mass is 253 g/mol. The van der Waals surface area contributed by atoms with Crippen LogP contribution in [-0.4, -0.2) is 27.6 Å². The molecule has 0 amide bonds. The van der Waals surface area contributed by atoms with Gasteiger partial charge in [0.2, 0.25) is 0 Å². The van der Waals surface area contributed by atoms with Gasteiger partial charge in [0, 0.05) is 19.0 Å². The minimum Gasteiger partial charge on any atom is -0.481 e. The van der Waals surface area contributed by atoms with Gasteiger partial charge in [0.25, 0.3) is 5.56 Å². The predicted octanol–water partition coefficient (Wildman–Crippen LogP) is 1.25. The van der Waals surface area contributed by atoms with Gasteiger partial charge in [-0.05, 0) is 12.8 Å². The van der Waals surface area contributed by atoms with Gasteiger partial charge in [-0.3, -0.25) is 9.59 Å². The van der Waals surface area contributed by atoms with E-state index >= 15 is 0 Å². The Balaban J connectivity index is 2.42. The van der Waals surface area contributed by atoms with Gasteiger partial charge in [0.05, 0.1) is 5.92 Å². The number of nitrogens with one attached hydrogen (secondary N) is 2. The van der Waals surface area contributed by atoms with E-state index in [2.05, 4.69) is 15.3 Å². The number of hydrogen-bond acceptors (Lipinski definition) is 4. The average Bonchev–Trinajstić information content (AvgIpc) is 2.33. The maximum absolute atomic E-state index is 11.3. The Hall–Kier alpha value is -1.85. The molecule has 3 N–H and O–H groups in total. The number of carboxylic acids is 1. The zero-order chi connectivity index (χ0) is 13.5. The third-order valence-corrected chi connectivity index (χ3v) is 2.67. The Kier molecular flexibility index (Phi) is 5.35. The van der Waals surface area contributed by atoms with E-state index in [9.17, 15) is 9.59 Å². The first-order valence-corrected chi connectivity index (χ1v) is 6.09. The zero-order valence-electron chi connectivity index (χ0n) is 10.7. The van der Waals surface area contributed by atoms with Crippen LogP contribution in [0.3, 0.4) is 0 Å². The van der Waals surface area contributed by atoms with E-state index in [1.54, 1.807) is 6.92 Å². The molecule has 1 aromatic rings. The summed E-state index contributed by atoms with van der Waals surface area (Å²) in [5.74, 6) is 0.0603. The Morgan fingerprint density at radius 1 is 1.61 bits per heavy atom. The number of H-pyrrole nitrogens is 1. The summed E-state index contributed by atoms with van der Waals surface area (Å²) < 4.78 is 0. The van der Waals surface area contributed by atoms with Crippen LogP contribution in [0.2, 0.25) is 0 Å². The number of aryl methyl sites for hydroxylation is 1. The Morgan fingerprint density at radius 2 is 2.33 bits per heavy atom. The molecule has 0 radical (unpaired) electrons. The van der Waals surface area contributed by atoms with Crippen molar-refractivity contribution in [3.8, 4) is 0 Å². The largest absolute Gasteiger partial charge is 0.481 e. The summed E-state index contributed by atoms with van der Waals surface area (Å²) in [4.78, 5) is 28.8. The quantitative estimate of drug-likeness (QED) is 0.635. The molecule has 0 saturated carbocycles. The highest BCUT2D eigenvalue weighted by molar-refractivity contribution is 5.69. The summed E-state index contributed by atoms with van der Waals surface area (Å²) >= 11 is 0. The molecule has 6 nitrogen and oxygen atoms in total. The number of aliphatic carboxylic acids is 1. The zero-order valence-corrected chi connectivity index (χ0v) is 10.7. The molecule has 0 aliphatic carbocycles. The van der Waals surface area contributed by atoms with Crippen LogP contribution < -0.4 is 10.9 Å². The Labute approximate surface area is 105 Å². The van der Waals surface area contributed by atoms with Crippen LogP contribution in [0.25, 0.3) is 0 Å². The summed E-state index contributed by atoms with van der Waals surface area (Å²) in [6.45, 7) is 4.21. The lowest BCUT2D eigenvalue weighted by molar-refractivity contribution is -0.141. The van der Waals surface area contributed by atoms with Crippen LogP contribution in [0.5, 0.6) is 0 Å². The van der Waals surface area contributed by atoms with Crippen molar-refractivity contribution in [2.24, 2.45) is 5.92 Å². The first-order chi connectivity index (χ1) is 8.52. The van der Waals surface area contributed by atoms with Crippen LogP contribution in [0.15, 0.2) is 10.9 Å². The van der Waals surface area contributed by atoms with Crippen LogP contribution >= 0.6 is 0 Å². The van der Waals surface area contributed by atoms with Gasteiger partial charge in [0.1, 0.15) is 11.6 Å². The van der Waals surface area contributed by atoms with Gasteiger partial charge in [-0.1, -0.05) is 13.8 Å². The summed E-state index contributed by atoms with van der Waals surface area (Å²) in [7, 11) is 0. The van der Waals surface area contributed by atoms with Gasteiger partial charge >= 0.3 is 5.97 Å². The molecule has 0 aromatic carbocycles. The molecular weight excluding hydrogens is 234 g/mol. The summed E-state index contributed by atoms with van der Waals surface area (Å²) in [6.07, 6.45) is 2.00. The molecule has 1 atom stereocenters. The minimum absolute atomic E-state index is 0.178. The van der Waals surface area contributed by atoms with E-state index in [0.717, 1.165) is 6.42 Å². The molecule has 1 rings (SSSR count). The number of aromatic amines is 1. The van der Waals surface area contributed by atoms with Crippen LogP contribution in [0.1, 0.15) is 32.5 Å². The van der Waals surface area contributed by atoms with Crippen molar-refractivity contribution in [3.63, 3.8) is 0 Å². The van der Waals surface area contributed by atoms with Crippen molar-refractivity contribution >= 4 is 11.8 Å². The molecular formula is C12H19N3O3. The van der Waals surface area contributed by atoms with Crippen molar-refractivity contribution in [2.75, 3.05) is 11.9 Å². The number of carboxylic acid groups (broad SMARTS) is 1. The van der Waals surface area contributed by atoms with Gasteiger partial charge in [-0.15, -0.1) is 0 Å². The predicted molar refractivity (Wildman–Crippen MR) is 68.8 cm³/mol. The lowest BCUT2D eigenvalue weighted by atomic mass is 10.1. The SMILES string of the molecule is CCc1nc(NCCCC(C)C(=O)O)cc(=O)[nH]1. The van der Waals surface area contributed by atoms with E-state index in [4.69, 9.17) is 5.11 Å². The fraction of sp³-hybridized carbons (Fsp3) is 0.583. The molecule has 100 valence electrons. The molecule has 0 aliphatic rings. The fourth-order valence-corrected chi connectivity index (χ4v) is 1.51. The summed E-state index contributed by atoms with van der Waals surface area (Å²) in [5, 5.41) is 11.8. The van der Waals surface area contributed by atoms with Gasteiger partial charge in [0.15, 0.2) is 0 Å². The lowest BCUT2D eigenvalue weighted by Gasteiger charge is -2.08. The molecule has 18 heavy (non-hydrogen) atoms. The number of carbonyl (C=O) groups is 1. The molecule has 1 unspecified atom stereocenters. The Bertz CT molecular complexity index is 456. The number of anilines is 1. The van der Waals surface area contributed by atoms with Crippen LogP contribution in [0, 0.1) is 5.92 Å². The molecule has 0 saturated heterocycles. The third-order valence-electron chi connectivity index (χ3n) is 2.67. The van der Waals surface area contributed by atoms with Gasteiger partial charge < -0.3 is 15.4 Å². The number of aromatic nitrogens is 2. The van der Waals surface area contributed by atoms with Crippen LogP contribution in [-0.2, 0) is 11.2 Å². The van der Waals surface area contributed by atoms with Crippen molar-refractivity contribution in [1.29, 1.82) is 0 Å². The molecule has 0 fully saturated rings. The normalized spacial score (nSPS) is 12.1. The topological polar surface area (TPSA) is 95.1 Å². The molecule has 1 heterocycles. The molecule has 0 bridgehead atoms. The molecule has 1 aromatic heterocycles. The third kappa shape index (κ3) is 4.57. The molecule has 0 aliphatic heterocycles. The first-order valence-electron chi connectivity index (χ1n) is 6.09. The highest BCUT2D eigenvalue weighted by Gasteiger charge is 2.09. The molecule has 6 heteroatoms. The second-order valence-corrected chi connectivity index (χ2v) is 4.24. The second-order valence-electron chi connectivity index (χ2n) is 4.24. The van der Waals surface area contributed by atoms with Gasteiger partial charge in [-0.2, -0.15) is 0 Å². The maximum Gasteiger partial charge on any atom is 0.306 e. The van der Waals surface area contributed by atoms with E-state index in [-0.39, 0.29) is 11.5 Å². The minimum atomic E-state index is -0.780. The second kappa shape index (κ2) is 6.78. The Morgan fingerprint density at radius 3 is 2.94 bits per heavy atom. The maximum atomic E-state index is 11.3. The van der Waals surface area contributed by atoms with Crippen LogP contribution in [0.4, 0.5) is 5.82 Å². The van der Waals surface area contributed by atoms with E-state index < -0.39 is 5.97 Å². The van der Waals surface area contributed by atoms with Crippen molar-refractivity contribution < 1.29 is 9.90 Å². The summed E-state index contributed by atoms with van der Waals surface area (Å²) in [5.41, 5.74) is -0.178. The average molecular weight is 253 g/mol. The first kappa shape index (κ1) is 14.2. The van der Waals surface area contributed by atoms with Crippen molar-refractivity contribution in [1.82, 2.24) is 9.97 Å². The standard InChI is InChI=1S/C12H19N3O3/c1-3-9-14-10(7-11(16)15-9)13-6-4-5-8(2)12(17)18/h7-8H,3-6H2,1-2H3,(H,17,18)(H2,13,14,15,16). The van der Waals surface area contributed by atoms with Gasteiger partial charge in [-0.25, -0.2) is 4.98 Å². The lowest BCUT2D eigenvalue weighted by Crippen LogP contribution is -2.15. The molecule has 0 spiro atoms. The smallest absolute Gasteiger partial charge is 0.306 e. The van der Waals surface area contributed by atoms with E-state index in [1.807, 2.05) is 6.92 Å². The highest BCUT2D eigenvalue weighted by Crippen LogP contribution is 2.06. The number of nitrogens with zero attached hydrogens (tertiary/aromatic N) is 1. The van der Waals surface area contributed by atoms with E-state index in [0.29, 0.717) is 31.0 Å².